The molecule has 0 saturated carbocycles. The predicted molar refractivity (Wildman–Crippen MR) is 110 cm³/mol. The molecule has 0 fully saturated rings. The molecule has 2 heterocycles. The van der Waals surface area contributed by atoms with Crippen LogP contribution in [0.3, 0.4) is 0 Å². The van der Waals surface area contributed by atoms with Crippen LogP contribution in [0.5, 0.6) is 5.75 Å². The van der Waals surface area contributed by atoms with E-state index in [2.05, 4.69) is 11.1 Å². The number of aromatic nitrogens is 1. The van der Waals surface area contributed by atoms with Crippen molar-refractivity contribution in [2.75, 3.05) is 7.11 Å². The molecule has 0 aliphatic heterocycles. The van der Waals surface area contributed by atoms with Gasteiger partial charge >= 0.3 is 5.63 Å². The van der Waals surface area contributed by atoms with E-state index < -0.39 is 5.63 Å². The van der Waals surface area contributed by atoms with Gasteiger partial charge in [-0.2, -0.15) is 5.26 Å². The molecule has 0 bridgehead atoms. The quantitative estimate of drug-likeness (QED) is 0.462. The summed E-state index contributed by atoms with van der Waals surface area (Å²) in [5.74, 6) is 1.13. The minimum atomic E-state index is -0.406. The standard InChI is InChI=1S/C22H14N2O3S/c1-26-17-8-6-14(7-9-17)10-16(12-23)21-24-19(13-28-21)20-11-15-4-2-3-5-18(15)22(25)27-20/h2-11,13H,1H3/b16-10+. The Hall–Kier alpha value is -3.69. The van der Waals surface area contributed by atoms with Crippen LogP contribution in [0, 0.1) is 11.3 Å². The van der Waals surface area contributed by atoms with Gasteiger partial charge in [0.1, 0.15) is 22.5 Å². The maximum absolute atomic E-state index is 12.2. The van der Waals surface area contributed by atoms with Crippen LogP contribution in [-0.2, 0) is 0 Å². The fourth-order valence-corrected chi connectivity index (χ4v) is 3.55. The van der Waals surface area contributed by atoms with Gasteiger partial charge in [0.05, 0.1) is 18.1 Å². The number of methoxy groups -OCH3 is 1. The molecule has 0 saturated heterocycles. The number of ether oxygens (including phenoxy) is 1. The number of rotatable bonds is 4. The zero-order chi connectivity index (χ0) is 19.5. The fourth-order valence-electron chi connectivity index (χ4n) is 2.78. The zero-order valence-electron chi connectivity index (χ0n) is 14.9. The van der Waals surface area contributed by atoms with E-state index in [9.17, 15) is 10.1 Å². The van der Waals surface area contributed by atoms with E-state index in [4.69, 9.17) is 9.15 Å². The van der Waals surface area contributed by atoms with Crippen molar-refractivity contribution in [3.05, 3.63) is 81.0 Å². The van der Waals surface area contributed by atoms with Crippen molar-refractivity contribution in [3.63, 3.8) is 0 Å². The van der Waals surface area contributed by atoms with E-state index in [0.717, 1.165) is 16.7 Å². The van der Waals surface area contributed by atoms with Gasteiger partial charge in [-0.3, -0.25) is 0 Å². The van der Waals surface area contributed by atoms with E-state index in [-0.39, 0.29) is 0 Å². The molecule has 4 aromatic rings. The Morgan fingerprint density at radius 1 is 1.21 bits per heavy atom. The molecule has 136 valence electrons. The molecule has 0 aliphatic carbocycles. The Morgan fingerprint density at radius 3 is 2.75 bits per heavy atom. The molecule has 0 spiro atoms. The monoisotopic (exact) mass is 386 g/mol. The molecule has 4 rings (SSSR count). The third kappa shape index (κ3) is 3.43. The van der Waals surface area contributed by atoms with E-state index in [0.29, 0.717) is 27.4 Å². The molecule has 2 aromatic heterocycles. The van der Waals surface area contributed by atoms with Crippen LogP contribution in [0.15, 0.2) is 69.2 Å². The Kier molecular flexibility index (Phi) is 4.75. The minimum absolute atomic E-state index is 0.382. The normalized spacial score (nSPS) is 11.4. The maximum atomic E-state index is 12.2. The van der Waals surface area contributed by atoms with Crippen LogP contribution < -0.4 is 10.4 Å². The van der Waals surface area contributed by atoms with Crippen molar-refractivity contribution >= 4 is 33.8 Å². The summed E-state index contributed by atoms with van der Waals surface area (Å²) >= 11 is 1.33. The van der Waals surface area contributed by atoms with Crippen LogP contribution in [0.1, 0.15) is 10.6 Å². The summed E-state index contributed by atoms with van der Waals surface area (Å²) in [6, 6.07) is 18.6. The highest BCUT2D eigenvalue weighted by Gasteiger charge is 2.13. The summed E-state index contributed by atoms with van der Waals surface area (Å²) in [5.41, 5.74) is 1.42. The van der Waals surface area contributed by atoms with E-state index in [1.165, 1.54) is 11.3 Å². The van der Waals surface area contributed by atoms with Gasteiger partial charge in [0.25, 0.3) is 0 Å². The Balaban J connectivity index is 1.70. The van der Waals surface area contributed by atoms with Gasteiger partial charge in [-0.15, -0.1) is 11.3 Å². The molecule has 2 aromatic carbocycles. The molecule has 0 N–H and O–H groups in total. The summed E-state index contributed by atoms with van der Waals surface area (Å²) in [7, 11) is 1.60. The molecule has 0 atom stereocenters. The molecular weight excluding hydrogens is 372 g/mol. The fraction of sp³-hybridized carbons (Fsp3) is 0.0455. The highest BCUT2D eigenvalue weighted by molar-refractivity contribution is 7.11. The van der Waals surface area contributed by atoms with Gasteiger partial charge in [0.15, 0.2) is 5.76 Å². The van der Waals surface area contributed by atoms with E-state index in [1.54, 1.807) is 36.8 Å². The van der Waals surface area contributed by atoms with Gasteiger partial charge in [0, 0.05) is 5.38 Å². The van der Waals surface area contributed by atoms with Crippen LogP contribution in [0.2, 0.25) is 0 Å². The second-order valence-electron chi connectivity index (χ2n) is 5.97. The van der Waals surface area contributed by atoms with Crippen LogP contribution in [0.25, 0.3) is 33.9 Å². The molecule has 6 heteroatoms. The SMILES string of the molecule is COc1ccc(/C=C(\C#N)c2nc(-c3cc4ccccc4c(=O)o3)cs2)cc1. The van der Waals surface area contributed by atoms with Gasteiger partial charge in [-0.05, 0) is 41.3 Å². The second-order valence-corrected chi connectivity index (χ2v) is 6.82. The average molecular weight is 386 g/mol. The van der Waals surface area contributed by atoms with Crippen LogP contribution in [-0.4, -0.2) is 12.1 Å². The molecule has 0 amide bonds. The number of benzene rings is 2. The lowest BCUT2D eigenvalue weighted by Crippen LogP contribution is -2.00. The molecular formula is C22H14N2O3S. The lowest BCUT2D eigenvalue weighted by Gasteiger charge is -2.00. The van der Waals surface area contributed by atoms with Crippen molar-refractivity contribution in [3.8, 4) is 23.3 Å². The number of hydrogen-bond donors (Lipinski definition) is 0. The Labute approximate surface area is 164 Å². The van der Waals surface area contributed by atoms with Gasteiger partial charge < -0.3 is 9.15 Å². The smallest absolute Gasteiger partial charge is 0.344 e. The number of nitriles is 1. The maximum Gasteiger partial charge on any atom is 0.344 e. The van der Waals surface area contributed by atoms with Crippen LogP contribution >= 0.6 is 11.3 Å². The lowest BCUT2D eigenvalue weighted by atomic mass is 10.1. The topological polar surface area (TPSA) is 76.1 Å². The van der Waals surface area contributed by atoms with Crippen molar-refractivity contribution in [1.82, 2.24) is 4.98 Å². The second kappa shape index (κ2) is 7.51. The molecule has 5 nitrogen and oxygen atoms in total. The summed E-state index contributed by atoms with van der Waals surface area (Å²) in [6.45, 7) is 0. The van der Waals surface area contributed by atoms with E-state index in [1.807, 2.05) is 36.4 Å². The largest absolute Gasteiger partial charge is 0.497 e. The molecule has 0 radical (unpaired) electrons. The highest BCUT2D eigenvalue weighted by Crippen LogP contribution is 2.28. The number of thiazole rings is 1. The minimum Gasteiger partial charge on any atom is -0.497 e. The number of hydrogen-bond acceptors (Lipinski definition) is 6. The highest BCUT2D eigenvalue weighted by atomic mass is 32.1. The number of allylic oxidation sites excluding steroid dienone is 1. The predicted octanol–water partition coefficient (Wildman–Crippen LogP) is 4.99. The van der Waals surface area contributed by atoms with Gasteiger partial charge in [-0.1, -0.05) is 30.3 Å². The van der Waals surface area contributed by atoms with Crippen molar-refractivity contribution in [2.24, 2.45) is 0 Å². The third-order valence-corrected chi connectivity index (χ3v) is 5.08. The molecule has 0 aliphatic rings. The van der Waals surface area contributed by atoms with E-state index >= 15 is 0 Å². The van der Waals surface area contributed by atoms with Crippen LogP contribution in [0.4, 0.5) is 0 Å². The number of nitrogens with zero attached hydrogens (tertiary/aromatic N) is 2. The molecule has 28 heavy (non-hydrogen) atoms. The number of fused-ring (bicyclic) bond motifs is 1. The summed E-state index contributed by atoms with van der Waals surface area (Å²) < 4.78 is 10.6. The van der Waals surface area contributed by atoms with Crippen molar-refractivity contribution in [1.29, 1.82) is 5.26 Å². The first kappa shape index (κ1) is 17.7. The van der Waals surface area contributed by atoms with Crippen molar-refractivity contribution < 1.29 is 9.15 Å². The zero-order valence-corrected chi connectivity index (χ0v) is 15.7. The first-order valence-corrected chi connectivity index (χ1v) is 9.31. The Bertz CT molecular complexity index is 1280. The molecule has 0 unspecified atom stereocenters. The first-order valence-electron chi connectivity index (χ1n) is 8.43. The first-order chi connectivity index (χ1) is 13.7. The van der Waals surface area contributed by atoms with Gasteiger partial charge in [0.2, 0.25) is 0 Å². The average Bonchev–Trinajstić information content (AvgIpc) is 3.22. The van der Waals surface area contributed by atoms with Gasteiger partial charge in [-0.25, -0.2) is 9.78 Å². The lowest BCUT2D eigenvalue weighted by molar-refractivity contribution is 0.415. The van der Waals surface area contributed by atoms with Crippen molar-refractivity contribution in [2.45, 2.75) is 0 Å². The summed E-state index contributed by atoms with van der Waals surface area (Å²) in [5, 5.41) is 13.2. The summed E-state index contributed by atoms with van der Waals surface area (Å²) in [4.78, 5) is 16.7. The summed E-state index contributed by atoms with van der Waals surface area (Å²) in [6.07, 6.45) is 1.76. The Morgan fingerprint density at radius 2 is 2.00 bits per heavy atom. The third-order valence-electron chi connectivity index (χ3n) is 4.20.